The van der Waals surface area contributed by atoms with Crippen molar-refractivity contribution >= 4 is 17.3 Å². The maximum Gasteiger partial charge on any atom is 0.256 e. The van der Waals surface area contributed by atoms with Gasteiger partial charge in [-0.1, -0.05) is 0 Å². The summed E-state index contributed by atoms with van der Waals surface area (Å²) in [5, 5.41) is 0. The first-order valence-corrected chi connectivity index (χ1v) is 7.30. The van der Waals surface area contributed by atoms with Crippen LogP contribution in [0.2, 0.25) is 0 Å². The molecule has 5 heteroatoms. The van der Waals surface area contributed by atoms with Gasteiger partial charge in [-0.25, -0.2) is 0 Å². The van der Waals surface area contributed by atoms with Crippen molar-refractivity contribution in [1.29, 1.82) is 0 Å². The van der Waals surface area contributed by atoms with Crippen molar-refractivity contribution in [2.24, 2.45) is 5.92 Å². The van der Waals surface area contributed by atoms with Gasteiger partial charge in [0, 0.05) is 44.1 Å². The standard InChI is InChI=1S/C15H22N4O/c16-12-3-4-13(14(17)9-12)15(20)19-7-5-18(6-8-19)10-11-1-2-11/h3-4,9,11H,1-2,5-8,10,16-17H2. The summed E-state index contributed by atoms with van der Waals surface area (Å²) in [5.74, 6) is 0.929. The normalized spacial score (nSPS) is 20.1. The molecule has 1 aliphatic heterocycles. The minimum Gasteiger partial charge on any atom is -0.399 e. The van der Waals surface area contributed by atoms with Crippen LogP contribution in [-0.2, 0) is 0 Å². The van der Waals surface area contributed by atoms with E-state index in [1.165, 1.54) is 19.4 Å². The van der Waals surface area contributed by atoms with E-state index in [9.17, 15) is 4.79 Å². The van der Waals surface area contributed by atoms with Crippen molar-refractivity contribution in [2.75, 3.05) is 44.2 Å². The molecular formula is C15H22N4O. The lowest BCUT2D eigenvalue weighted by atomic mass is 10.1. The molecule has 0 spiro atoms. The number of piperazine rings is 1. The summed E-state index contributed by atoms with van der Waals surface area (Å²) in [5.41, 5.74) is 13.2. The number of hydrogen-bond acceptors (Lipinski definition) is 4. The van der Waals surface area contributed by atoms with E-state index in [4.69, 9.17) is 11.5 Å². The lowest BCUT2D eigenvalue weighted by Crippen LogP contribution is -2.49. The highest BCUT2D eigenvalue weighted by atomic mass is 16.2. The Bertz CT molecular complexity index is 505. The first kappa shape index (κ1) is 13.2. The number of anilines is 2. The highest BCUT2D eigenvalue weighted by Gasteiger charge is 2.28. The van der Waals surface area contributed by atoms with E-state index in [0.717, 1.165) is 32.1 Å². The van der Waals surface area contributed by atoms with E-state index in [1.54, 1.807) is 18.2 Å². The molecule has 1 aliphatic carbocycles. The van der Waals surface area contributed by atoms with Crippen molar-refractivity contribution in [3.05, 3.63) is 23.8 Å². The molecule has 0 aromatic heterocycles. The number of carbonyl (C=O) groups is 1. The Kier molecular flexibility index (Phi) is 3.53. The van der Waals surface area contributed by atoms with Crippen LogP contribution in [0, 0.1) is 5.92 Å². The second-order valence-corrected chi connectivity index (χ2v) is 5.88. The second kappa shape index (κ2) is 5.32. The molecule has 1 saturated carbocycles. The van der Waals surface area contributed by atoms with Crippen molar-refractivity contribution in [3.63, 3.8) is 0 Å². The minimum atomic E-state index is 0.0218. The number of amides is 1. The molecule has 108 valence electrons. The van der Waals surface area contributed by atoms with Crippen LogP contribution >= 0.6 is 0 Å². The predicted octanol–water partition coefficient (Wildman–Crippen LogP) is 1.02. The van der Waals surface area contributed by atoms with Crippen LogP contribution in [0.3, 0.4) is 0 Å². The van der Waals surface area contributed by atoms with Crippen LogP contribution in [-0.4, -0.2) is 48.4 Å². The first-order valence-electron chi connectivity index (χ1n) is 7.30. The zero-order valence-corrected chi connectivity index (χ0v) is 11.7. The lowest BCUT2D eigenvalue weighted by molar-refractivity contribution is 0.0633. The molecule has 0 atom stereocenters. The monoisotopic (exact) mass is 274 g/mol. The van der Waals surface area contributed by atoms with Gasteiger partial charge in [-0.15, -0.1) is 0 Å². The van der Waals surface area contributed by atoms with Gasteiger partial charge in [0.1, 0.15) is 0 Å². The molecule has 4 N–H and O–H groups in total. The molecule has 0 bridgehead atoms. The highest BCUT2D eigenvalue weighted by Crippen LogP contribution is 2.30. The third kappa shape index (κ3) is 2.88. The molecule has 1 heterocycles. The molecule has 0 unspecified atom stereocenters. The van der Waals surface area contributed by atoms with Gasteiger partial charge in [0.25, 0.3) is 5.91 Å². The van der Waals surface area contributed by atoms with Crippen LogP contribution in [0.15, 0.2) is 18.2 Å². The van der Waals surface area contributed by atoms with E-state index >= 15 is 0 Å². The molecule has 20 heavy (non-hydrogen) atoms. The molecular weight excluding hydrogens is 252 g/mol. The van der Waals surface area contributed by atoms with Crippen molar-refractivity contribution in [1.82, 2.24) is 9.80 Å². The van der Waals surface area contributed by atoms with Gasteiger partial charge in [0.05, 0.1) is 5.56 Å². The van der Waals surface area contributed by atoms with E-state index in [-0.39, 0.29) is 5.91 Å². The van der Waals surface area contributed by atoms with Gasteiger partial charge in [-0.3, -0.25) is 9.69 Å². The Balaban J connectivity index is 1.60. The maximum absolute atomic E-state index is 12.5. The van der Waals surface area contributed by atoms with E-state index < -0.39 is 0 Å². The average Bonchev–Trinajstić information content (AvgIpc) is 3.23. The quantitative estimate of drug-likeness (QED) is 0.807. The predicted molar refractivity (Wildman–Crippen MR) is 80.3 cm³/mol. The third-order valence-electron chi connectivity index (χ3n) is 4.18. The summed E-state index contributed by atoms with van der Waals surface area (Å²) < 4.78 is 0. The Morgan fingerprint density at radius 1 is 1.15 bits per heavy atom. The molecule has 1 saturated heterocycles. The maximum atomic E-state index is 12.5. The van der Waals surface area contributed by atoms with Crippen molar-refractivity contribution < 1.29 is 4.79 Å². The topological polar surface area (TPSA) is 75.6 Å². The van der Waals surface area contributed by atoms with Crippen molar-refractivity contribution in [2.45, 2.75) is 12.8 Å². The fourth-order valence-electron chi connectivity index (χ4n) is 2.75. The first-order chi connectivity index (χ1) is 9.63. The highest BCUT2D eigenvalue weighted by molar-refractivity contribution is 5.99. The number of nitrogens with two attached hydrogens (primary N) is 2. The third-order valence-corrected chi connectivity index (χ3v) is 4.18. The number of hydrogen-bond donors (Lipinski definition) is 2. The zero-order chi connectivity index (χ0) is 14.1. The van der Waals surface area contributed by atoms with Crippen LogP contribution in [0.1, 0.15) is 23.2 Å². The number of benzene rings is 1. The molecule has 2 aliphatic rings. The average molecular weight is 274 g/mol. The van der Waals surface area contributed by atoms with Crippen LogP contribution in [0.4, 0.5) is 11.4 Å². The summed E-state index contributed by atoms with van der Waals surface area (Å²) in [6.45, 7) is 4.71. The minimum absolute atomic E-state index is 0.0218. The van der Waals surface area contributed by atoms with E-state index in [2.05, 4.69) is 4.90 Å². The van der Waals surface area contributed by atoms with Gasteiger partial charge in [0.15, 0.2) is 0 Å². The van der Waals surface area contributed by atoms with Crippen LogP contribution in [0.5, 0.6) is 0 Å². The molecule has 1 aromatic carbocycles. The van der Waals surface area contributed by atoms with Crippen LogP contribution in [0.25, 0.3) is 0 Å². The summed E-state index contributed by atoms with van der Waals surface area (Å²) in [6.07, 6.45) is 2.75. The molecule has 1 aromatic rings. The Hall–Kier alpha value is -1.75. The molecule has 0 radical (unpaired) electrons. The lowest BCUT2D eigenvalue weighted by Gasteiger charge is -2.35. The smallest absolute Gasteiger partial charge is 0.256 e. The Morgan fingerprint density at radius 2 is 1.85 bits per heavy atom. The summed E-state index contributed by atoms with van der Waals surface area (Å²) in [4.78, 5) is 16.8. The SMILES string of the molecule is Nc1ccc(C(=O)N2CCN(CC3CC3)CC2)c(N)c1. The molecule has 3 rings (SSSR count). The number of carbonyl (C=O) groups excluding carboxylic acids is 1. The van der Waals surface area contributed by atoms with Gasteiger partial charge < -0.3 is 16.4 Å². The molecule has 5 nitrogen and oxygen atoms in total. The van der Waals surface area contributed by atoms with Gasteiger partial charge in [-0.05, 0) is 37.0 Å². The van der Waals surface area contributed by atoms with E-state index in [0.29, 0.717) is 16.9 Å². The number of nitrogen functional groups attached to an aromatic ring is 2. The summed E-state index contributed by atoms with van der Waals surface area (Å²) in [7, 11) is 0. The van der Waals surface area contributed by atoms with Gasteiger partial charge in [-0.2, -0.15) is 0 Å². The Morgan fingerprint density at radius 3 is 2.45 bits per heavy atom. The second-order valence-electron chi connectivity index (χ2n) is 5.88. The van der Waals surface area contributed by atoms with Gasteiger partial charge >= 0.3 is 0 Å². The van der Waals surface area contributed by atoms with Crippen molar-refractivity contribution in [3.8, 4) is 0 Å². The van der Waals surface area contributed by atoms with Crippen LogP contribution < -0.4 is 11.5 Å². The molecule has 1 amide bonds. The fourth-order valence-corrected chi connectivity index (χ4v) is 2.75. The Labute approximate surface area is 119 Å². The van der Waals surface area contributed by atoms with Gasteiger partial charge in [0.2, 0.25) is 0 Å². The largest absolute Gasteiger partial charge is 0.399 e. The zero-order valence-electron chi connectivity index (χ0n) is 11.7. The summed E-state index contributed by atoms with van der Waals surface area (Å²) >= 11 is 0. The number of rotatable bonds is 3. The van der Waals surface area contributed by atoms with E-state index in [1.807, 2.05) is 4.90 Å². The fraction of sp³-hybridized carbons (Fsp3) is 0.533. The summed E-state index contributed by atoms with van der Waals surface area (Å²) in [6, 6.07) is 5.10. The molecule has 2 fully saturated rings. The number of nitrogens with zero attached hydrogens (tertiary/aromatic N) is 2.